The van der Waals surface area contributed by atoms with Crippen molar-refractivity contribution in [3.05, 3.63) is 80.5 Å². The lowest BCUT2D eigenvalue weighted by atomic mass is 9.78. The van der Waals surface area contributed by atoms with Crippen LogP contribution in [0.25, 0.3) is 0 Å². The highest BCUT2D eigenvalue weighted by Crippen LogP contribution is 2.50. The van der Waals surface area contributed by atoms with E-state index in [4.69, 9.17) is 21.4 Å². The van der Waals surface area contributed by atoms with E-state index in [1.165, 1.54) is 39.1 Å². The van der Waals surface area contributed by atoms with Gasteiger partial charge in [0.1, 0.15) is 5.75 Å². The van der Waals surface area contributed by atoms with Crippen LogP contribution in [0.3, 0.4) is 0 Å². The highest BCUT2D eigenvalue weighted by molar-refractivity contribution is 6.31. The molecule has 0 radical (unpaired) electrons. The fourth-order valence-electron chi connectivity index (χ4n) is 3.48. The van der Waals surface area contributed by atoms with E-state index in [0.717, 1.165) is 29.2 Å². The highest BCUT2D eigenvalue weighted by Gasteiger charge is 2.59. The van der Waals surface area contributed by atoms with E-state index >= 15 is 0 Å². The number of ether oxygens (including phenoxy) is 1. The second-order valence-electron chi connectivity index (χ2n) is 7.66. The van der Waals surface area contributed by atoms with E-state index < -0.39 is 34.8 Å². The molecule has 0 aliphatic carbocycles. The zero-order valence-electron chi connectivity index (χ0n) is 18.1. The molecule has 12 heteroatoms. The Labute approximate surface area is 196 Å². The van der Waals surface area contributed by atoms with E-state index in [9.17, 15) is 27.9 Å². The molecular weight excluding hydrogens is 479 g/mol. The standard InChI is InChI=1S/C22H19ClF3N3O5/c1-11-6-14(10-29(3)18(11)30)21(33,22(24,25)26)12(2)16-5-4-15(7-17(16)23)34-20-27-8-13(9-28-20)19(31)32/h4-10,12,33H,1-3H3,(H,31,32). The summed E-state index contributed by atoms with van der Waals surface area (Å²) in [7, 11) is 1.30. The number of aliphatic hydroxyl groups is 1. The maximum absolute atomic E-state index is 14.2. The minimum Gasteiger partial charge on any atom is -0.478 e. The predicted molar refractivity (Wildman–Crippen MR) is 115 cm³/mol. The van der Waals surface area contributed by atoms with Crippen molar-refractivity contribution in [2.45, 2.75) is 31.5 Å². The molecule has 0 fully saturated rings. The zero-order chi connectivity index (χ0) is 25.4. The highest BCUT2D eigenvalue weighted by atomic mass is 35.5. The molecule has 2 atom stereocenters. The summed E-state index contributed by atoms with van der Waals surface area (Å²) in [5.74, 6) is -2.71. The first-order valence-corrected chi connectivity index (χ1v) is 10.1. The number of carbonyl (C=O) groups is 1. The third-order valence-corrected chi connectivity index (χ3v) is 5.71. The molecule has 0 saturated heterocycles. The van der Waals surface area contributed by atoms with Crippen LogP contribution in [0.5, 0.6) is 11.8 Å². The summed E-state index contributed by atoms with van der Waals surface area (Å²) in [5, 5.41) is 19.7. The molecule has 3 rings (SSSR count). The lowest BCUT2D eigenvalue weighted by Crippen LogP contribution is -2.47. The molecule has 2 heterocycles. The lowest BCUT2D eigenvalue weighted by Gasteiger charge is -2.37. The number of pyridine rings is 1. The quantitative estimate of drug-likeness (QED) is 0.525. The van der Waals surface area contributed by atoms with Crippen molar-refractivity contribution in [2.24, 2.45) is 7.05 Å². The van der Waals surface area contributed by atoms with E-state index in [0.29, 0.717) is 0 Å². The largest absolute Gasteiger partial charge is 0.478 e. The Morgan fingerprint density at radius 1 is 1.21 bits per heavy atom. The van der Waals surface area contributed by atoms with Crippen molar-refractivity contribution in [3.63, 3.8) is 0 Å². The first kappa shape index (κ1) is 25.2. The normalized spacial score (nSPS) is 14.4. The summed E-state index contributed by atoms with van der Waals surface area (Å²) in [6.45, 7) is 2.53. The Balaban J connectivity index is 1.98. The Kier molecular flexibility index (Phi) is 6.72. The number of aryl methyl sites for hydroxylation is 2. The van der Waals surface area contributed by atoms with E-state index in [-0.39, 0.29) is 33.5 Å². The molecule has 2 N–H and O–H groups in total. The van der Waals surface area contributed by atoms with Crippen molar-refractivity contribution >= 4 is 17.6 Å². The van der Waals surface area contributed by atoms with Gasteiger partial charge in [-0.1, -0.05) is 24.6 Å². The Hall–Kier alpha value is -3.44. The van der Waals surface area contributed by atoms with Gasteiger partial charge in [0.25, 0.3) is 5.56 Å². The first-order chi connectivity index (χ1) is 15.8. The molecule has 0 aliphatic rings. The molecule has 0 bridgehead atoms. The average Bonchev–Trinajstić information content (AvgIpc) is 2.75. The number of carboxylic acid groups (broad SMARTS) is 1. The van der Waals surface area contributed by atoms with E-state index in [1.807, 2.05) is 0 Å². The third kappa shape index (κ3) is 4.62. The summed E-state index contributed by atoms with van der Waals surface area (Å²) in [6, 6.07) is 4.61. The molecule has 2 aromatic heterocycles. The van der Waals surface area contributed by atoms with Crippen LogP contribution in [0.4, 0.5) is 13.2 Å². The SMILES string of the molecule is Cc1cc(C(O)(C(C)c2ccc(Oc3ncc(C(=O)O)cn3)cc2Cl)C(F)(F)F)cn(C)c1=O. The van der Waals surface area contributed by atoms with E-state index in [2.05, 4.69) is 9.97 Å². The molecule has 8 nitrogen and oxygen atoms in total. The number of benzene rings is 1. The molecule has 0 amide bonds. The van der Waals surface area contributed by atoms with Gasteiger partial charge in [0, 0.05) is 47.7 Å². The van der Waals surface area contributed by atoms with Gasteiger partial charge in [0.15, 0.2) is 5.60 Å². The maximum Gasteiger partial charge on any atom is 0.422 e. The molecule has 0 spiro atoms. The van der Waals surface area contributed by atoms with Crippen LogP contribution >= 0.6 is 11.6 Å². The first-order valence-electron chi connectivity index (χ1n) is 9.75. The van der Waals surface area contributed by atoms with Gasteiger partial charge in [0.05, 0.1) is 5.56 Å². The number of nitrogens with zero attached hydrogens (tertiary/aromatic N) is 3. The van der Waals surface area contributed by atoms with Crippen LogP contribution in [0.1, 0.15) is 39.9 Å². The van der Waals surface area contributed by atoms with Crippen LogP contribution in [0, 0.1) is 6.92 Å². The molecule has 0 saturated carbocycles. The molecule has 180 valence electrons. The number of aromatic carboxylic acids is 1. The Morgan fingerprint density at radius 3 is 2.32 bits per heavy atom. The smallest absolute Gasteiger partial charge is 0.422 e. The van der Waals surface area contributed by atoms with Gasteiger partial charge in [0.2, 0.25) is 0 Å². The minimum atomic E-state index is -5.10. The second kappa shape index (κ2) is 9.07. The molecule has 34 heavy (non-hydrogen) atoms. The van der Waals surface area contributed by atoms with Crippen LogP contribution in [0.15, 0.2) is 47.7 Å². The van der Waals surface area contributed by atoms with E-state index in [1.54, 1.807) is 0 Å². The van der Waals surface area contributed by atoms with Crippen molar-refractivity contribution in [3.8, 4) is 11.8 Å². The van der Waals surface area contributed by atoms with Gasteiger partial charge >= 0.3 is 18.2 Å². The summed E-state index contributed by atoms with van der Waals surface area (Å²) >= 11 is 6.26. The molecule has 2 unspecified atom stereocenters. The van der Waals surface area contributed by atoms with Crippen LogP contribution in [0.2, 0.25) is 5.02 Å². The summed E-state index contributed by atoms with van der Waals surface area (Å²) < 4.78 is 49.0. The second-order valence-corrected chi connectivity index (χ2v) is 8.07. The predicted octanol–water partition coefficient (Wildman–Crippen LogP) is 4.18. The van der Waals surface area contributed by atoms with Gasteiger partial charge in [-0.15, -0.1) is 0 Å². The fourth-order valence-corrected chi connectivity index (χ4v) is 3.81. The average molecular weight is 498 g/mol. The maximum atomic E-state index is 14.2. The Bertz CT molecular complexity index is 1270. The van der Waals surface area contributed by atoms with Crippen LogP contribution in [-0.4, -0.2) is 36.9 Å². The summed E-state index contributed by atoms with van der Waals surface area (Å²) in [5.41, 5.74) is -4.49. The Morgan fingerprint density at radius 2 is 1.82 bits per heavy atom. The van der Waals surface area contributed by atoms with Gasteiger partial charge in [-0.05, 0) is 30.7 Å². The van der Waals surface area contributed by atoms with Crippen molar-refractivity contribution in [1.29, 1.82) is 0 Å². The van der Waals surface area contributed by atoms with Crippen molar-refractivity contribution in [1.82, 2.24) is 14.5 Å². The minimum absolute atomic E-state index is 0.0255. The summed E-state index contributed by atoms with van der Waals surface area (Å²) in [6.07, 6.45) is -2.10. The molecular formula is C22H19ClF3N3O5. The number of aromatic nitrogens is 3. The number of hydrogen-bond acceptors (Lipinski definition) is 6. The van der Waals surface area contributed by atoms with Gasteiger partial charge < -0.3 is 19.5 Å². The van der Waals surface area contributed by atoms with Crippen molar-refractivity contribution in [2.75, 3.05) is 0 Å². The molecule has 0 aliphatic heterocycles. The fraction of sp³-hybridized carbons (Fsp3) is 0.273. The number of hydrogen-bond donors (Lipinski definition) is 2. The number of carboxylic acids is 1. The zero-order valence-corrected chi connectivity index (χ0v) is 18.8. The monoisotopic (exact) mass is 497 g/mol. The number of alkyl halides is 3. The van der Waals surface area contributed by atoms with Gasteiger partial charge in [-0.2, -0.15) is 13.2 Å². The lowest BCUT2D eigenvalue weighted by molar-refractivity contribution is -0.274. The third-order valence-electron chi connectivity index (χ3n) is 5.38. The van der Waals surface area contributed by atoms with Gasteiger partial charge in [-0.25, -0.2) is 14.8 Å². The van der Waals surface area contributed by atoms with Crippen molar-refractivity contribution < 1.29 is 32.9 Å². The summed E-state index contributed by atoms with van der Waals surface area (Å²) in [4.78, 5) is 30.3. The van der Waals surface area contributed by atoms with Gasteiger partial charge in [-0.3, -0.25) is 4.79 Å². The molecule has 1 aromatic carbocycles. The number of rotatable bonds is 6. The molecule has 3 aromatic rings. The van der Waals surface area contributed by atoms with Crippen LogP contribution in [-0.2, 0) is 12.6 Å². The van der Waals surface area contributed by atoms with Crippen LogP contribution < -0.4 is 10.3 Å². The topological polar surface area (TPSA) is 115 Å². The number of halogens is 4.